The lowest BCUT2D eigenvalue weighted by Gasteiger charge is -2.06. The Bertz CT molecular complexity index is 1150. The Balaban J connectivity index is 1.68. The average molecular weight is 392 g/mol. The lowest BCUT2D eigenvalue weighted by atomic mass is 10.1. The van der Waals surface area contributed by atoms with Gasteiger partial charge in [0, 0.05) is 10.9 Å². The minimum atomic E-state index is -0.308. The second kappa shape index (κ2) is 7.20. The molecule has 2 heterocycles. The van der Waals surface area contributed by atoms with E-state index in [0.717, 1.165) is 38.2 Å². The van der Waals surface area contributed by atoms with Gasteiger partial charge in [0.2, 0.25) is 5.82 Å². The number of aromatic nitrogens is 2. The fraction of sp³-hybridized carbons (Fsp3) is 0.227. The zero-order valence-corrected chi connectivity index (χ0v) is 17.0. The van der Waals surface area contributed by atoms with E-state index in [0.29, 0.717) is 23.8 Å². The third kappa shape index (κ3) is 3.20. The first-order chi connectivity index (χ1) is 13.5. The molecule has 28 heavy (non-hydrogen) atoms. The van der Waals surface area contributed by atoms with Crippen molar-refractivity contribution in [1.82, 2.24) is 9.36 Å². The molecule has 4 aromatic rings. The van der Waals surface area contributed by atoms with E-state index in [1.54, 1.807) is 13.0 Å². The normalized spacial score (nSPS) is 11.1. The molecule has 0 spiro atoms. The van der Waals surface area contributed by atoms with Crippen molar-refractivity contribution in [3.63, 3.8) is 0 Å². The van der Waals surface area contributed by atoms with Gasteiger partial charge in [-0.3, -0.25) is 0 Å². The zero-order valence-electron chi connectivity index (χ0n) is 16.2. The maximum absolute atomic E-state index is 12.0. The van der Waals surface area contributed by atoms with Gasteiger partial charge in [-0.1, -0.05) is 18.2 Å². The molecule has 142 valence electrons. The number of carbonyl (C=O) groups is 1. The fourth-order valence-corrected chi connectivity index (χ4v) is 3.84. The van der Waals surface area contributed by atoms with Gasteiger partial charge in [-0.25, -0.2) is 9.78 Å². The van der Waals surface area contributed by atoms with Crippen molar-refractivity contribution in [1.29, 1.82) is 0 Å². The highest BCUT2D eigenvalue weighted by atomic mass is 32.1. The SMILES string of the molecule is CCOC(=O)c1ccc(-c2nc(-c3cc4c(C)ccc(C)c4o3)ns2)cc1C. The van der Waals surface area contributed by atoms with Gasteiger partial charge in [-0.2, -0.15) is 4.37 Å². The van der Waals surface area contributed by atoms with Gasteiger partial charge >= 0.3 is 5.97 Å². The second-order valence-electron chi connectivity index (χ2n) is 6.73. The van der Waals surface area contributed by atoms with E-state index >= 15 is 0 Å². The Morgan fingerprint density at radius 1 is 1.07 bits per heavy atom. The van der Waals surface area contributed by atoms with Crippen molar-refractivity contribution in [2.24, 2.45) is 0 Å². The third-order valence-electron chi connectivity index (χ3n) is 4.71. The summed E-state index contributed by atoms with van der Waals surface area (Å²) in [5.41, 5.74) is 5.46. The van der Waals surface area contributed by atoms with Gasteiger partial charge in [-0.05, 0) is 74.1 Å². The number of ether oxygens (including phenoxy) is 1. The van der Waals surface area contributed by atoms with Gasteiger partial charge in [0.25, 0.3) is 0 Å². The molecule has 0 bridgehead atoms. The predicted octanol–water partition coefficient (Wildman–Crippen LogP) is 5.72. The molecule has 5 nitrogen and oxygen atoms in total. The Morgan fingerprint density at radius 2 is 1.86 bits per heavy atom. The van der Waals surface area contributed by atoms with Crippen LogP contribution in [-0.2, 0) is 4.74 Å². The van der Waals surface area contributed by atoms with E-state index < -0.39 is 0 Å². The number of hydrogen-bond donors (Lipinski definition) is 0. The summed E-state index contributed by atoms with van der Waals surface area (Å²) >= 11 is 1.31. The van der Waals surface area contributed by atoms with E-state index in [4.69, 9.17) is 9.15 Å². The van der Waals surface area contributed by atoms with E-state index in [1.165, 1.54) is 11.5 Å². The molecule has 2 aromatic carbocycles. The summed E-state index contributed by atoms with van der Waals surface area (Å²) in [4.78, 5) is 16.6. The van der Waals surface area contributed by atoms with Crippen molar-refractivity contribution in [2.75, 3.05) is 6.61 Å². The number of nitrogens with zero attached hydrogens (tertiary/aromatic N) is 2. The highest BCUT2D eigenvalue weighted by molar-refractivity contribution is 7.09. The number of furan rings is 1. The maximum Gasteiger partial charge on any atom is 0.338 e. The smallest absolute Gasteiger partial charge is 0.338 e. The molecule has 0 fully saturated rings. The van der Waals surface area contributed by atoms with E-state index in [1.807, 2.05) is 32.0 Å². The maximum atomic E-state index is 12.0. The van der Waals surface area contributed by atoms with Crippen molar-refractivity contribution >= 4 is 28.5 Å². The lowest BCUT2D eigenvalue weighted by molar-refractivity contribution is 0.0525. The van der Waals surface area contributed by atoms with Crippen LogP contribution in [-0.4, -0.2) is 21.9 Å². The lowest BCUT2D eigenvalue weighted by Crippen LogP contribution is -2.06. The number of rotatable bonds is 4. The number of benzene rings is 2. The highest BCUT2D eigenvalue weighted by Crippen LogP contribution is 2.33. The largest absolute Gasteiger partial charge is 0.462 e. The molecule has 0 saturated heterocycles. The monoisotopic (exact) mass is 392 g/mol. The number of carbonyl (C=O) groups excluding carboxylic acids is 1. The number of aryl methyl sites for hydroxylation is 3. The first kappa shape index (κ1) is 18.4. The minimum absolute atomic E-state index is 0.308. The molecule has 0 aliphatic rings. The van der Waals surface area contributed by atoms with Crippen LogP contribution in [0.3, 0.4) is 0 Å². The van der Waals surface area contributed by atoms with Crippen molar-refractivity contribution in [3.05, 3.63) is 58.7 Å². The van der Waals surface area contributed by atoms with Crippen molar-refractivity contribution < 1.29 is 13.9 Å². The van der Waals surface area contributed by atoms with Gasteiger partial charge in [-0.15, -0.1) is 0 Å². The highest BCUT2D eigenvalue weighted by Gasteiger charge is 2.16. The number of fused-ring (bicyclic) bond motifs is 1. The van der Waals surface area contributed by atoms with Gasteiger partial charge in [0.1, 0.15) is 10.6 Å². The average Bonchev–Trinajstić information content (AvgIpc) is 3.32. The number of hydrogen-bond acceptors (Lipinski definition) is 6. The summed E-state index contributed by atoms with van der Waals surface area (Å²) in [5, 5.41) is 1.86. The first-order valence-electron chi connectivity index (χ1n) is 9.10. The van der Waals surface area contributed by atoms with Crippen LogP contribution in [0.15, 0.2) is 40.8 Å². The molecule has 0 aliphatic heterocycles. The quantitative estimate of drug-likeness (QED) is 0.416. The van der Waals surface area contributed by atoms with Crippen LogP contribution >= 0.6 is 11.5 Å². The second-order valence-corrected chi connectivity index (χ2v) is 7.48. The standard InChI is InChI=1S/C22H20N2O3S/c1-5-26-22(25)16-9-8-15(10-14(16)4)21-23-20(24-28-21)18-11-17-12(2)6-7-13(3)19(17)27-18/h6-11H,5H2,1-4H3. The Hall–Kier alpha value is -2.99. The summed E-state index contributed by atoms with van der Waals surface area (Å²) < 4.78 is 15.6. The minimum Gasteiger partial charge on any atom is -0.462 e. The summed E-state index contributed by atoms with van der Waals surface area (Å²) in [5.74, 6) is 0.925. The molecular weight excluding hydrogens is 372 g/mol. The van der Waals surface area contributed by atoms with Crippen LogP contribution in [0.1, 0.15) is 34.0 Å². The zero-order chi connectivity index (χ0) is 19.8. The molecule has 0 saturated carbocycles. The van der Waals surface area contributed by atoms with Crippen molar-refractivity contribution in [2.45, 2.75) is 27.7 Å². The molecule has 0 amide bonds. The number of esters is 1. The molecule has 4 rings (SSSR count). The summed E-state index contributed by atoms with van der Waals surface area (Å²) in [7, 11) is 0. The summed E-state index contributed by atoms with van der Waals surface area (Å²) in [6, 6.07) is 11.7. The molecule has 0 N–H and O–H groups in total. The molecule has 2 aromatic heterocycles. The third-order valence-corrected chi connectivity index (χ3v) is 5.48. The van der Waals surface area contributed by atoms with Crippen LogP contribution in [0.4, 0.5) is 0 Å². The van der Waals surface area contributed by atoms with E-state index in [9.17, 15) is 4.79 Å². The Labute approximate surface area is 167 Å². The predicted molar refractivity (Wildman–Crippen MR) is 111 cm³/mol. The van der Waals surface area contributed by atoms with Gasteiger partial charge < -0.3 is 9.15 Å². The molecule has 0 atom stereocenters. The topological polar surface area (TPSA) is 65.2 Å². The molecule has 0 unspecified atom stereocenters. The van der Waals surface area contributed by atoms with E-state index in [-0.39, 0.29) is 5.97 Å². The van der Waals surface area contributed by atoms with Crippen LogP contribution in [0.25, 0.3) is 33.1 Å². The first-order valence-corrected chi connectivity index (χ1v) is 9.87. The van der Waals surface area contributed by atoms with Crippen molar-refractivity contribution in [3.8, 4) is 22.2 Å². The fourth-order valence-electron chi connectivity index (χ4n) is 3.18. The van der Waals surface area contributed by atoms with Crippen LogP contribution in [0.2, 0.25) is 0 Å². The van der Waals surface area contributed by atoms with Gasteiger partial charge in [0.15, 0.2) is 5.76 Å². The van der Waals surface area contributed by atoms with Crippen LogP contribution in [0, 0.1) is 20.8 Å². The molecule has 0 radical (unpaired) electrons. The van der Waals surface area contributed by atoms with Crippen LogP contribution < -0.4 is 0 Å². The van der Waals surface area contributed by atoms with Crippen LogP contribution in [0.5, 0.6) is 0 Å². The molecule has 6 heteroatoms. The summed E-state index contributed by atoms with van der Waals surface area (Å²) in [6.45, 7) is 8.14. The molecule has 0 aliphatic carbocycles. The van der Waals surface area contributed by atoms with E-state index in [2.05, 4.69) is 28.4 Å². The molecular formula is C22H20N2O3S. The van der Waals surface area contributed by atoms with Gasteiger partial charge in [0.05, 0.1) is 12.2 Å². The summed E-state index contributed by atoms with van der Waals surface area (Å²) in [6.07, 6.45) is 0. The Kier molecular flexibility index (Phi) is 4.73. The Morgan fingerprint density at radius 3 is 2.57 bits per heavy atom.